The van der Waals surface area contributed by atoms with E-state index in [1.807, 2.05) is 13.8 Å². The van der Waals surface area contributed by atoms with Crippen LogP contribution in [0.3, 0.4) is 0 Å². The van der Waals surface area contributed by atoms with Crippen LogP contribution in [0.5, 0.6) is 0 Å². The first-order valence-electron chi connectivity index (χ1n) is 6.65. The number of carbonyl (C=O) groups excluding carboxylic acids is 2. The first kappa shape index (κ1) is 16.5. The van der Waals surface area contributed by atoms with Crippen LogP contribution in [-0.4, -0.2) is 36.4 Å². The van der Waals surface area contributed by atoms with E-state index in [1.54, 1.807) is 19.2 Å². The second-order valence-electron chi connectivity index (χ2n) is 4.80. The van der Waals surface area contributed by atoms with Gasteiger partial charge in [0, 0.05) is 13.2 Å². The molecule has 0 aliphatic carbocycles. The first-order valence-corrected chi connectivity index (χ1v) is 6.65. The highest BCUT2D eigenvalue weighted by atomic mass is 16.2. The highest BCUT2D eigenvalue weighted by Crippen LogP contribution is 2.11. The molecule has 1 aromatic rings. The SMILES string of the molecule is C#CCNC(=O)c1ccc(NC(C(=O)NC)C(C)C)nc1. The van der Waals surface area contributed by atoms with Crippen molar-refractivity contribution in [2.75, 3.05) is 18.9 Å². The van der Waals surface area contributed by atoms with E-state index in [9.17, 15) is 9.59 Å². The normalized spacial score (nSPS) is 11.4. The Morgan fingerprint density at radius 3 is 2.57 bits per heavy atom. The van der Waals surface area contributed by atoms with E-state index in [-0.39, 0.29) is 30.3 Å². The predicted molar refractivity (Wildman–Crippen MR) is 81.7 cm³/mol. The van der Waals surface area contributed by atoms with Crippen LogP contribution in [0.1, 0.15) is 24.2 Å². The molecule has 0 radical (unpaired) electrons. The lowest BCUT2D eigenvalue weighted by molar-refractivity contribution is -0.122. The van der Waals surface area contributed by atoms with E-state index in [2.05, 4.69) is 26.9 Å². The van der Waals surface area contributed by atoms with Gasteiger partial charge in [0.15, 0.2) is 0 Å². The van der Waals surface area contributed by atoms with Crippen molar-refractivity contribution >= 4 is 17.6 Å². The molecule has 0 spiro atoms. The zero-order valence-electron chi connectivity index (χ0n) is 12.4. The number of carbonyl (C=O) groups is 2. The molecular weight excluding hydrogens is 268 g/mol. The number of rotatable bonds is 6. The van der Waals surface area contributed by atoms with Crippen LogP contribution in [0.4, 0.5) is 5.82 Å². The summed E-state index contributed by atoms with van der Waals surface area (Å²) in [5.74, 6) is 2.58. The Morgan fingerprint density at radius 2 is 2.10 bits per heavy atom. The highest BCUT2D eigenvalue weighted by molar-refractivity contribution is 5.94. The van der Waals surface area contributed by atoms with E-state index in [0.717, 1.165) is 0 Å². The van der Waals surface area contributed by atoms with Crippen molar-refractivity contribution in [1.29, 1.82) is 0 Å². The number of nitrogens with zero attached hydrogens (tertiary/aromatic N) is 1. The molecule has 2 amide bonds. The number of likely N-dealkylation sites (N-methyl/N-ethyl adjacent to an activating group) is 1. The van der Waals surface area contributed by atoms with Gasteiger partial charge in [-0.15, -0.1) is 6.42 Å². The molecule has 1 heterocycles. The van der Waals surface area contributed by atoms with Crippen molar-refractivity contribution in [3.63, 3.8) is 0 Å². The van der Waals surface area contributed by atoms with Crippen molar-refractivity contribution in [2.24, 2.45) is 5.92 Å². The second kappa shape index (κ2) is 7.90. The summed E-state index contributed by atoms with van der Waals surface area (Å²) in [6.07, 6.45) is 6.52. The number of anilines is 1. The fraction of sp³-hybridized carbons (Fsp3) is 0.400. The van der Waals surface area contributed by atoms with Crippen molar-refractivity contribution in [3.8, 4) is 12.3 Å². The number of pyridine rings is 1. The zero-order valence-corrected chi connectivity index (χ0v) is 12.4. The van der Waals surface area contributed by atoms with E-state index in [0.29, 0.717) is 11.4 Å². The third kappa shape index (κ3) is 4.80. The van der Waals surface area contributed by atoms with Crippen LogP contribution in [0, 0.1) is 18.3 Å². The maximum absolute atomic E-state index is 11.8. The van der Waals surface area contributed by atoms with Gasteiger partial charge in [0.1, 0.15) is 11.9 Å². The topological polar surface area (TPSA) is 83.1 Å². The predicted octanol–water partition coefficient (Wildman–Crippen LogP) is 0.627. The fourth-order valence-corrected chi connectivity index (χ4v) is 1.70. The summed E-state index contributed by atoms with van der Waals surface area (Å²) >= 11 is 0. The van der Waals surface area contributed by atoms with Crippen LogP contribution in [0.25, 0.3) is 0 Å². The van der Waals surface area contributed by atoms with Gasteiger partial charge in [0.2, 0.25) is 5.91 Å². The van der Waals surface area contributed by atoms with Gasteiger partial charge in [-0.2, -0.15) is 0 Å². The van der Waals surface area contributed by atoms with Crippen LogP contribution >= 0.6 is 0 Å². The molecule has 6 heteroatoms. The molecule has 0 bridgehead atoms. The van der Waals surface area contributed by atoms with Gasteiger partial charge >= 0.3 is 0 Å². The molecule has 21 heavy (non-hydrogen) atoms. The quantitative estimate of drug-likeness (QED) is 0.670. The minimum absolute atomic E-state index is 0.102. The molecule has 1 atom stereocenters. The molecule has 0 fully saturated rings. The number of nitrogens with one attached hydrogen (secondary N) is 3. The number of hydrogen-bond donors (Lipinski definition) is 3. The highest BCUT2D eigenvalue weighted by Gasteiger charge is 2.21. The summed E-state index contributed by atoms with van der Waals surface area (Å²) < 4.78 is 0. The molecule has 0 saturated heterocycles. The number of terminal acetylenes is 1. The lowest BCUT2D eigenvalue weighted by Gasteiger charge is -2.21. The largest absolute Gasteiger partial charge is 0.358 e. The lowest BCUT2D eigenvalue weighted by Crippen LogP contribution is -2.41. The molecule has 1 rings (SSSR count). The minimum Gasteiger partial charge on any atom is -0.358 e. The molecule has 0 aromatic carbocycles. The molecule has 3 N–H and O–H groups in total. The fourth-order valence-electron chi connectivity index (χ4n) is 1.70. The maximum Gasteiger partial charge on any atom is 0.253 e. The Morgan fingerprint density at radius 1 is 1.38 bits per heavy atom. The number of amides is 2. The van der Waals surface area contributed by atoms with Gasteiger partial charge in [-0.3, -0.25) is 9.59 Å². The summed E-state index contributed by atoms with van der Waals surface area (Å²) in [5.41, 5.74) is 0.414. The third-order valence-electron chi connectivity index (χ3n) is 2.88. The van der Waals surface area contributed by atoms with E-state index in [4.69, 9.17) is 6.42 Å². The Bertz CT molecular complexity index is 532. The Labute approximate surface area is 124 Å². The molecule has 0 aliphatic heterocycles. The zero-order chi connectivity index (χ0) is 15.8. The smallest absolute Gasteiger partial charge is 0.253 e. The third-order valence-corrected chi connectivity index (χ3v) is 2.88. The maximum atomic E-state index is 11.8. The number of hydrogen-bond acceptors (Lipinski definition) is 4. The summed E-state index contributed by atoms with van der Waals surface area (Å²) in [7, 11) is 1.59. The van der Waals surface area contributed by atoms with Gasteiger partial charge in [0.25, 0.3) is 5.91 Å². The molecule has 112 valence electrons. The van der Waals surface area contributed by atoms with Gasteiger partial charge in [-0.05, 0) is 18.1 Å². The van der Waals surface area contributed by atoms with Gasteiger partial charge in [0.05, 0.1) is 12.1 Å². The average molecular weight is 288 g/mol. The number of aromatic nitrogens is 1. The molecule has 6 nitrogen and oxygen atoms in total. The van der Waals surface area contributed by atoms with E-state index in [1.165, 1.54) is 6.20 Å². The average Bonchev–Trinajstić information content (AvgIpc) is 2.49. The lowest BCUT2D eigenvalue weighted by atomic mass is 10.0. The Balaban J connectivity index is 2.76. The van der Waals surface area contributed by atoms with Crippen LogP contribution < -0.4 is 16.0 Å². The van der Waals surface area contributed by atoms with Crippen molar-refractivity contribution in [1.82, 2.24) is 15.6 Å². The van der Waals surface area contributed by atoms with Crippen molar-refractivity contribution in [2.45, 2.75) is 19.9 Å². The second-order valence-corrected chi connectivity index (χ2v) is 4.80. The first-order chi connectivity index (χ1) is 9.99. The molecule has 0 saturated carbocycles. The molecular formula is C15H20N4O2. The monoisotopic (exact) mass is 288 g/mol. The van der Waals surface area contributed by atoms with Crippen molar-refractivity contribution in [3.05, 3.63) is 23.9 Å². The Kier molecular flexibility index (Phi) is 6.21. The van der Waals surface area contributed by atoms with Crippen LogP contribution in [-0.2, 0) is 4.79 Å². The van der Waals surface area contributed by atoms with Gasteiger partial charge < -0.3 is 16.0 Å². The summed E-state index contributed by atoms with van der Waals surface area (Å²) in [4.78, 5) is 27.6. The Hall–Kier alpha value is -2.55. The molecule has 1 aromatic heterocycles. The van der Waals surface area contributed by atoms with Crippen molar-refractivity contribution < 1.29 is 9.59 Å². The van der Waals surface area contributed by atoms with E-state index >= 15 is 0 Å². The van der Waals surface area contributed by atoms with Gasteiger partial charge in [-0.1, -0.05) is 19.8 Å². The summed E-state index contributed by atoms with van der Waals surface area (Å²) in [6, 6.07) is 2.90. The standard InChI is InChI=1S/C15H20N4O2/c1-5-8-17-14(20)11-6-7-12(18-9-11)19-13(10(2)3)15(21)16-4/h1,6-7,9-10,13H,8H2,2-4H3,(H,16,21)(H,17,20)(H,18,19). The molecule has 0 aliphatic rings. The van der Waals surface area contributed by atoms with Gasteiger partial charge in [-0.25, -0.2) is 4.98 Å². The summed E-state index contributed by atoms with van der Waals surface area (Å²) in [5, 5.41) is 8.21. The minimum atomic E-state index is -0.386. The molecule has 1 unspecified atom stereocenters. The van der Waals surface area contributed by atoms with Crippen LogP contribution in [0.15, 0.2) is 18.3 Å². The summed E-state index contributed by atoms with van der Waals surface area (Å²) in [6.45, 7) is 4.05. The van der Waals surface area contributed by atoms with Crippen LogP contribution in [0.2, 0.25) is 0 Å². The van der Waals surface area contributed by atoms with E-state index < -0.39 is 0 Å².